The predicted octanol–water partition coefficient (Wildman–Crippen LogP) is 2.32. The third-order valence-corrected chi connectivity index (χ3v) is 2.11. The minimum absolute atomic E-state index is 0.0164. The van der Waals surface area contributed by atoms with Crippen LogP contribution >= 0.6 is 0 Å². The van der Waals surface area contributed by atoms with Gasteiger partial charge in [-0.25, -0.2) is 0 Å². The lowest BCUT2D eigenvalue weighted by Crippen LogP contribution is -2.25. The first-order valence-corrected chi connectivity index (χ1v) is 4.20. The molecule has 0 bridgehead atoms. The smallest absolute Gasteiger partial charge is 0.395 e. The van der Waals surface area contributed by atoms with Crippen LogP contribution < -0.4 is 20.1 Å². The molecule has 0 saturated heterocycles. The number of nitrogens with one attached hydrogen (secondary N) is 2. The van der Waals surface area contributed by atoms with Crippen LogP contribution in [0.15, 0.2) is 24.5 Å². The molecule has 1 aromatic rings. The van der Waals surface area contributed by atoms with E-state index in [1.165, 1.54) is 12.1 Å². The summed E-state index contributed by atoms with van der Waals surface area (Å²) in [4.78, 5) is 0. The highest BCUT2D eigenvalue weighted by Crippen LogP contribution is 2.47. The third kappa shape index (κ3) is 1.18. The second-order valence-corrected chi connectivity index (χ2v) is 3.24. The van der Waals surface area contributed by atoms with E-state index in [2.05, 4.69) is 26.7 Å². The van der Waals surface area contributed by atoms with E-state index < -0.39 is 6.29 Å². The van der Waals surface area contributed by atoms with E-state index in [0.29, 0.717) is 17.2 Å². The van der Waals surface area contributed by atoms with Crippen LogP contribution in [0.4, 0.5) is 20.2 Å². The molecule has 15 heavy (non-hydrogen) atoms. The fourth-order valence-corrected chi connectivity index (χ4v) is 1.56. The minimum atomic E-state index is -3.57. The van der Waals surface area contributed by atoms with Crippen LogP contribution in [0.2, 0.25) is 0 Å². The molecule has 0 atom stereocenters. The maximum atomic E-state index is 12.7. The van der Waals surface area contributed by atoms with Crippen molar-refractivity contribution in [3.05, 3.63) is 24.5 Å². The lowest BCUT2D eigenvalue weighted by Gasteiger charge is -2.04. The summed E-state index contributed by atoms with van der Waals surface area (Å²) < 4.78 is 34.0. The first-order valence-electron chi connectivity index (χ1n) is 4.20. The average Bonchev–Trinajstić information content (AvgIpc) is 2.55. The van der Waals surface area contributed by atoms with Gasteiger partial charge in [-0.2, -0.15) is 0 Å². The molecule has 0 aromatic heterocycles. The Morgan fingerprint density at radius 3 is 2.00 bits per heavy atom. The SMILES string of the molecule is C=C1Nc2cc3c(cc2N1)OC(F)(F)O3. The van der Waals surface area contributed by atoms with E-state index in [9.17, 15) is 8.78 Å². The first kappa shape index (κ1) is 8.34. The molecule has 0 aliphatic carbocycles. The number of fused-ring (bicyclic) bond motifs is 2. The molecule has 1 aromatic carbocycles. The summed E-state index contributed by atoms with van der Waals surface area (Å²) >= 11 is 0. The summed E-state index contributed by atoms with van der Waals surface area (Å²) in [7, 11) is 0. The number of benzene rings is 1. The Kier molecular flexibility index (Phi) is 1.30. The van der Waals surface area contributed by atoms with Crippen molar-refractivity contribution in [2.45, 2.75) is 6.29 Å². The van der Waals surface area contributed by atoms with Gasteiger partial charge in [0, 0.05) is 12.1 Å². The molecule has 78 valence electrons. The van der Waals surface area contributed by atoms with Crippen LogP contribution in [-0.4, -0.2) is 6.29 Å². The molecule has 2 heterocycles. The van der Waals surface area contributed by atoms with Crippen LogP contribution in [0.5, 0.6) is 11.5 Å². The molecular formula is C9H6F2N2O2. The maximum Gasteiger partial charge on any atom is 0.586 e. The van der Waals surface area contributed by atoms with E-state index in [-0.39, 0.29) is 11.5 Å². The number of anilines is 2. The van der Waals surface area contributed by atoms with Crippen molar-refractivity contribution in [2.75, 3.05) is 10.6 Å². The number of hydrogen-bond acceptors (Lipinski definition) is 4. The van der Waals surface area contributed by atoms with Crippen LogP contribution in [0.1, 0.15) is 0 Å². The summed E-state index contributed by atoms with van der Waals surface area (Å²) in [5, 5.41) is 5.74. The fourth-order valence-electron chi connectivity index (χ4n) is 1.56. The Hall–Kier alpha value is -1.98. The Bertz CT molecular complexity index is 434. The largest absolute Gasteiger partial charge is 0.586 e. The van der Waals surface area contributed by atoms with Crippen molar-refractivity contribution in [3.8, 4) is 11.5 Å². The highest BCUT2D eigenvalue weighted by atomic mass is 19.3. The van der Waals surface area contributed by atoms with Gasteiger partial charge in [0.2, 0.25) is 0 Å². The number of hydrogen-bond donors (Lipinski definition) is 2. The molecule has 0 fully saturated rings. The molecule has 3 rings (SSSR count). The Labute approximate surface area is 83.5 Å². The second-order valence-electron chi connectivity index (χ2n) is 3.24. The number of alkyl halides is 2. The molecule has 4 nitrogen and oxygen atoms in total. The van der Waals surface area contributed by atoms with Gasteiger partial charge in [0.25, 0.3) is 0 Å². The van der Waals surface area contributed by atoms with Gasteiger partial charge in [-0.05, 0) is 0 Å². The van der Waals surface area contributed by atoms with Gasteiger partial charge >= 0.3 is 6.29 Å². The molecule has 2 N–H and O–H groups in total. The lowest BCUT2D eigenvalue weighted by atomic mass is 10.2. The molecule has 0 spiro atoms. The van der Waals surface area contributed by atoms with Crippen molar-refractivity contribution in [1.29, 1.82) is 0 Å². The minimum Gasteiger partial charge on any atom is -0.395 e. The summed E-state index contributed by atoms with van der Waals surface area (Å²) in [5.41, 5.74) is 1.28. The van der Waals surface area contributed by atoms with Crippen molar-refractivity contribution >= 4 is 11.4 Å². The summed E-state index contributed by atoms with van der Waals surface area (Å²) in [6.45, 7) is 3.65. The monoisotopic (exact) mass is 212 g/mol. The van der Waals surface area contributed by atoms with Gasteiger partial charge < -0.3 is 20.1 Å². The molecular weight excluding hydrogens is 206 g/mol. The zero-order valence-corrected chi connectivity index (χ0v) is 7.43. The second kappa shape index (κ2) is 2.33. The first-order chi connectivity index (χ1) is 7.03. The van der Waals surface area contributed by atoms with Gasteiger partial charge in [-0.15, -0.1) is 8.78 Å². The predicted molar refractivity (Wildman–Crippen MR) is 49.0 cm³/mol. The maximum absolute atomic E-state index is 12.7. The highest BCUT2D eigenvalue weighted by Gasteiger charge is 2.44. The number of ether oxygens (including phenoxy) is 2. The summed E-state index contributed by atoms with van der Waals surface area (Å²) in [5.74, 6) is 0.617. The van der Waals surface area contributed by atoms with Crippen LogP contribution in [-0.2, 0) is 0 Å². The molecule has 0 amide bonds. The van der Waals surface area contributed by atoms with Crippen LogP contribution in [0.3, 0.4) is 0 Å². The van der Waals surface area contributed by atoms with Crippen molar-refractivity contribution < 1.29 is 18.3 Å². The molecule has 2 aliphatic rings. The van der Waals surface area contributed by atoms with Gasteiger partial charge in [0.05, 0.1) is 11.4 Å². The van der Waals surface area contributed by atoms with Crippen LogP contribution in [0, 0.1) is 0 Å². The normalized spacial score (nSPS) is 19.5. The van der Waals surface area contributed by atoms with E-state index in [1.807, 2.05) is 0 Å². The quantitative estimate of drug-likeness (QED) is 0.692. The van der Waals surface area contributed by atoms with E-state index in [0.717, 1.165) is 0 Å². The Morgan fingerprint density at radius 1 is 1.07 bits per heavy atom. The Morgan fingerprint density at radius 2 is 1.53 bits per heavy atom. The molecule has 0 unspecified atom stereocenters. The average molecular weight is 212 g/mol. The van der Waals surface area contributed by atoms with Crippen LogP contribution in [0.25, 0.3) is 0 Å². The standard InChI is InChI=1S/C9H6F2N2O2/c1-4-12-5-2-7-8(3-6(5)13-4)15-9(10,11)14-7/h2-3,12-13H,1H2. The molecule has 0 radical (unpaired) electrons. The molecule has 6 heteroatoms. The van der Waals surface area contributed by atoms with E-state index >= 15 is 0 Å². The lowest BCUT2D eigenvalue weighted by molar-refractivity contribution is -0.286. The van der Waals surface area contributed by atoms with E-state index in [1.54, 1.807) is 0 Å². The van der Waals surface area contributed by atoms with E-state index in [4.69, 9.17) is 0 Å². The van der Waals surface area contributed by atoms with Gasteiger partial charge in [-0.3, -0.25) is 0 Å². The van der Waals surface area contributed by atoms with Crippen molar-refractivity contribution in [2.24, 2.45) is 0 Å². The van der Waals surface area contributed by atoms with Gasteiger partial charge in [0.15, 0.2) is 11.5 Å². The van der Waals surface area contributed by atoms with Crippen molar-refractivity contribution in [3.63, 3.8) is 0 Å². The highest BCUT2D eigenvalue weighted by molar-refractivity contribution is 5.82. The van der Waals surface area contributed by atoms with Gasteiger partial charge in [-0.1, -0.05) is 6.58 Å². The Balaban J connectivity index is 2.07. The number of rotatable bonds is 0. The van der Waals surface area contributed by atoms with Crippen molar-refractivity contribution in [1.82, 2.24) is 0 Å². The van der Waals surface area contributed by atoms with Gasteiger partial charge in [0.1, 0.15) is 5.82 Å². The fraction of sp³-hybridized carbons (Fsp3) is 0.111. The zero-order chi connectivity index (χ0) is 10.6. The summed E-state index contributed by atoms with van der Waals surface area (Å²) in [6, 6.07) is 2.88. The number of halogens is 2. The summed E-state index contributed by atoms with van der Waals surface area (Å²) in [6.07, 6.45) is -3.57. The molecule has 2 aliphatic heterocycles. The topological polar surface area (TPSA) is 42.5 Å². The molecule has 0 saturated carbocycles. The zero-order valence-electron chi connectivity index (χ0n) is 7.43. The third-order valence-electron chi connectivity index (χ3n) is 2.11.